The smallest absolute Gasteiger partial charge is 0.126 e. The van der Waals surface area contributed by atoms with Gasteiger partial charge in [-0.25, -0.2) is 4.39 Å². The van der Waals surface area contributed by atoms with Crippen molar-refractivity contribution in [2.75, 3.05) is 6.61 Å². The molecule has 112 valence electrons. The third-order valence-corrected chi connectivity index (χ3v) is 3.70. The Morgan fingerprint density at radius 2 is 2.10 bits per heavy atom. The maximum atomic E-state index is 13.9. The highest BCUT2D eigenvalue weighted by Crippen LogP contribution is 2.24. The molecule has 0 aliphatic carbocycles. The molecule has 21 heavy (non-hydrogen) atoms. The van der Waals surface area contributed by atoms with Crippen LogP contribution in [0.4, 0.5) is 4.39 Å². The lowest BCUT2D eigenvalue weighted by Gasteiger charge is -2.18. The van der Waals surface area contributed by atoms with E-state index in [1.807, 2.05) is 31.2 Å². The van der Waals surface area contributed by atoms with Gasteiger partial charge in [0.15, 0.2) is 0 Å². The molecule has 0 aliphatic heterocycles. The molecule has 0 spiro atoms. The minimum absolute atomic E-state index is 0.186. The quantitative estimate of drug-likeness (QED) is 0.615. The van der Waals surface area contributed by atoms with Crippen LogP contribution >= 0.6 is 15.9 Å². The maximum absolute atomic E-state index is 13.9. The van der Waals surface area contributed by atoms with Crippen molar-refractivity contribution < 1.29 is 9.13 Å². The molecule has 0 fully saturated rings. The second-order valence-corrected chi connectivity index (χ2v) is 5.58. The van der Waals surface area contributed by atoms with Crippen LogP contribution in [0.15, 0.2) is 46.9 Å². The molecule has 2 rings (SSSR count). The Balaban J connectivity index is 2.23. The SMILES string of the molecule is CCOc1cccc(C(Cc2cc(Br)ccc2F)NN)c1. The third kappa shape index (κ3) is 4.27. The summed E-state index contributed by atoms with van der Waals surface area (Å²) in [5, 5.41) is 0. The van der Waals surface area contributed by atoms with E-state index in [-0.39, 0.29) is 11.9 Å². The number of hydrogen-bond acceptors (Lipinski definition) is 3. The summed E-state index contributed by atoms with van der Waals surface area (Å²) in [7, 11) is 0. The van der Waals surface area contributed by atoms with E-state index in [1.54, 1.807) is 12.1 Å². The zero-order valence-corrected chi connectivity index (χ0v) is 13.4. The first-order valence-corrected chi connectivity index (χ1v) is 7.56. The second kappa shape index (κ2) is 7.54. The van der Waals surface area contributed by atoms with E-state index in [4.69, 9.17) is 10.6 Å². The van der Waals surface area contributed by atoms with E-state index in [0.29, 0.717) is 18.6 Å². The van der Waals surface area contributed by atoms with Gasteiger partial charge in [0.05, 0.1) is 12.6 Å². The van der Waals surface area contributed by atoms with Gasteiger partial charge >= 0.3 is 0 Å². The van der Waals surface area contributed by atoms with Gasteiger partial charge in [-0.1, -0.05) is 28.1 Å². The highest BCUT2D eigenvalue weighted by atomic mass is 79.9. The summed E-state index contributed by atoms with van der Waals surface area (Å²) >= 11 is 3.36. The van der Waals surface area contributed by atoms with Crippen LogP contribution in [0, 0.1) is 5.82 Å². The average molecular weight is 353 g/mol. The number of hydrazine groups is 1. The Bertz CT molecular complexity index is 607. The standard InChI is InChI=1S/C16H18BrFN2O/c1-2-21-14-5-3-4-11(9-14)16(20-19)10-12-8-13(17)6-7-15(12)18/h3-9,16,20H,2,10,19H2,1H3. The predicted octanol–water partition coefficient (Wildman–Crippen LogP) is 3.73. The van der Waals surface area contributed by atoms with Gasteiger partial charge in [-0.05, 0) is 54.8 Å². The fraction of sp³-hybridized carbons (Fsp3) is 0.250. The van der Waals surface area contributed by atoms with Gasteiger partial charge in [0.2, 0.25) is 0 Å². The summed E-state index contributed by atoms with van der Waals surface area (Å²) in [6.07, 6.45) is 0.456. The van der Waals surface area contributed by atoms with Crippen LogP contribution in [0.5, 0.6) is 5.75 Å². The molecule has 3 N–H and O–H groups in total. The molecule has 0 saturated heterocycles. The molecule has 0 aromatic heterocycles. The number of halogens is 2. The van der Waals surface area contributed by atoms with Crippen molar-refractivity contribution in [3.05, 3.63) is 63.9 Å². The molecule has 0 aliphatic rings. The Labute approximate surface area is 132 Å². The summed E-state index contributed by atoms with van der Waals surface area (Å²) in [5.41, 5.74) is 4.31. The van der Waals surface area contributed by atoms with Gasteiger partial charge in [-0.2, -0.15) is 0 Å². The first-order valence-electron chi connectivity index (χ1n) is 6.77. The minimum Gasteiger partial charge on any atom is -0.494 e. The lowest BCUT2D eigenvalue weighted by Crippen LogP contribution is -2.29. The predicted molar refractivity (Wildman–Crippen MR) is 85.5 cm³/mol. The highest BCUT2D eigenvalue weighted by Gasteiger charge is 2.14. The number of rotatable bonds is 6. The second-order valence-electron chi connectivity index (χ2n) is 4.66. The minimum atomic E-state index is -0.237. The van der Waals surface area contributed by atoms with Crippen molar-refractivity contribution in [2.24, 2.45) is 5.84 Å². The summed E-state index contributed by atoms with van der Waals surface area (Å²) in [6, 6.07) is 12.4. The van der Waals surface area contributed by atoms with Crippen molar-refractivity contribution in [2.45, 2.75) is 19.4 Å². The molecule has 2 aromatic carbocycles. The lowest BCUT2D eigenvalue weighted by atomic mass is 9.99. The van der Waals surface area contributed by atoms with Gasteiger partial charge in [0, 0.05) is 4.47 Å². The topological polar surface area (TPSA) is 47.3 Å². The molecule has 0 amide bonds. The molecule has 2 aromatic rings. The zero-order chi connectivity index (χ0) is 15.2. The lowest BCUT2D eigenvalue weighted by molar-refractivity contribution is 0.339. The molecule has 3 nitrogen and oxygen atoms in total. The normalized spacial score (nSPS) is 12.2. The molecule has 5 heteroatoms. The first kappa shape index (κ1) is 15.9. The van der Waals surface area contributed by atoms with Crippen LogP contribution in [-0.2, 0) is 6.42 Å². The third-order valence-electron chi connectivity index (χ3n) is 3.20. The van der Waals surface area contributed by atoms with Gasteiger partial charge < -0.3 is 4.74 Å². The summed E-state index contributed by atoms with van der Waals surface area (Å²) in [6.45, 7) is 2.53. The van der Waals surface area contributed by atoms with Crippen LogP contribution in [0.3, 0.4) is 0 Å². The van der Waals surface area contributed by atoms with Gasteiger partial charge in [-0.15, -0.1) is 0 Å². The van der Waals surface area contributed by atoms with Crippen molar-refractivity contribution >= 4 is 15.9 Å². The van der Waals surface area contributed by atoms with Crippen LogP contribution in [-0.4, -0.2) is 6.61 Å². The van der Waals surface area contributed by atoms with Gasteiger partial charge in [0.1, 0.15) is 11.6 Å². The van der Waals surface area contributed by atoms with E-state index >= 15 is 0 Å². The summed E-state index contributed by atoms with van der Waals surface area (Å²) in [5.74, 6) is 6.19. The summed E-state index contributed by atoms with van der Waals surface area (Å²) in [4.78, 5) is 0. The van der Waals surface area contributed by atoms with Crippen LogP contribution in [0.25, 0.3) is 0 Å². The van der Waals surface area contributed by atoms with E-state index in [9.17, 15) is 4.39 Å². The van der Waals surface area contributed by atoms with Gasteiger partial charge in [0.25, 0.3) is 0 Å². The monoisotopic (exact) mass is 352 g/mol. The van der Waals surface area contributed by atoms with Crippen LogP contribution in [0.2, 0.25) is 0 Å². The largest absolute Gasteiger partial charge is 0.494 e. The number of nitrogens with one attached hydrogen (secondary N) is 1. The van der Waals surface area contributed by atoms with E-state index < -0.39 is 0 Å². The van der Waals surface area contributed by atoms with Crippen molar-refractivity contribution in [3.8, 4) is 5.75 Å². The first-order chi connectivity index (χ1) is 10.1. The van der Waals surface area contributed by atoms with Crippen LogP contribution < -0.4 is 16.0 Å². The maximum Gasteiger partial charge on any atom is 0.126 e. The molecule has 0 saturated carbocycles. The number of nitrogens with two attached hydrogens (primary N) is 1. The van der Waals surface area contributed by atoms with Crippen molar-refractivity contribution in [3.63, 3.8) is 0 Å². The van der Waals surface area contributed by atoms with Crippen LogP contribution in [0.1, 0.15) is 24.1 Å². The summed E-state index contributed by atoms with van der Waals surface area (Å²) < 4.78 is 20.2. The molecular formula is C16H18BrFN2O. The fourth-order valence-electron chi connectivity index (χ4n) is 2.18. The molecule has 0 bridgehead atoms. The van der Waals surface area contributed by atoms with E-state index in [1.165, 1.54) is 6.07 Å². The number of benzene rings is 2. The molecule has 1 unspecified atom stereocenters. The van der Waals surface area contributed by atoms with E-state index in [2.05, 4.69) is 21.4 Å². The van der Waals surface area contributed by atoms with Crippen molar-refractivity contribution in [1.82, 2.24) is 5.43 Å². The molecule has 1 atom stereocenters. The Kier molecular flexibility index (Phi) is 5.73. The number of hydrogen-bond donors (Lipinski definition) is 2. The average Bonchev–Trinajstić information content (AvgIpc) is 2.49. The molecular weight excluding hydrogens is 335 g/mol. The zero-order valence-electron chi connectivity index (χ0n) is 11.8. The fourth-order valence-corrected chi connectivity index (χ4v) is 2.59. The Hall–Kier alpha value is -1.43. The van der Waals surface area contributed by atoms with Crippen molar-refractivity contribution in [1.29, 1.82) is 0 Å². The Morgan fingerprint density at radius 1 is 1.29 bits per heavy atom. The molecule has 0 radical (unpaired) electrons. The molecule has 0 heterocycles. The number of ether oxygens (including phenoxy) is 1. The van der Waals surface area contributed by atoms with E-state index in [0.717, 1.165) is 15.8 Å². The highest BCUT2D eigenvalue weighted by molar-refractivity contribution is 9.10. The Morgan fingerprint density at radius 3 is 2.81 bits per heavy atom. The van der Waals surface area contributed by atoms with Gasteiger partial charge in [-0.3, -0.25) is 11.3 Å².